The maximum absolute atomic E-state index is 14.8. The Morgan fingerprint density at radius 2 is 1.73 bits per heavy atom. The van der Waals surface area contributed by atoms with Gasteiger partial charge in [-0.05, 0) is 66.8 Å². The Balaban J connectivity index is 1.38. The number of amides is 1. The van der Waals surface area contributed by atoms with Crippen LogP contribution >= 0.6 is 0 Å². The van der Waals surface area contributed by atoms with Crippen molar-refractivity contribution in [3.05, 3.63) is 101 Å². The Labute approximate surface area is 218 Å². The summed E-state index contributed by atoms with van der Waals surface area (Å²) >= 11 is 0. The number of nitrogens with one attached hydrogen (secondary N) is 1. The number of fused-ring (bicyclic) bond motifs is 4. The predicted octanol–water partition coefficient (Wildman–Crippen LogP) is 6.55. The van der Waals surface area contributed by atoms with Crippen LogP contribution in [0.4, 0.5) is 10.1 Å². The molecule has 1 N–H and O–H groups in total. The third kappa shape index (κ3) is 4.01. The fraction of sp³-hybridized carbons (Fsp3) is 0.344. The number of hydrogen-bond acceptors (Lipinski definition) is 2. The summed E-state index contributed by atoms with van der Waals surface area (Å²) in [5, 5.41) is 1.27. The molecule has 2 aliphatic rings. The molecule has 0 bridgehead atoms. The SMILES string of the molecule is CN(C)c1c(F)cccc1C1CCC2(CC1)c1[nH]c3ccccc3c1CCN2C(=O)Cc1ccccc1. The second kappa shape index (κ2) is 9.37. The monoisotopic (exact) mass is 495 g/mol. The van der Waals surface area contributed by atoms with Crippen LogP contribution in [-0.4, -0.2) is 36.4 Å². The number of rotatable bonds is 4. The van der Waals surface area contributed by atoms with Gasteiger partial charge in [0.1, 0.15) is 5.82 Å². The Kier molecular flexibility index (Phi) is 6.02. The number of aromatic nitrogens is 1. The number of nitrogens with zero attached hydrogens (tertiary/aromatic N) is 2. The number of benzene rings is 3. The lowest BCUT2D eigenvalue weighted by atomic mass is 9.69. The molecule has 1 aliphatic carbocycles. The molecule has 2 heterocycles. The fourth-order valence-corrected chi connectivity index (χ4v) is 6.92. The standard InChI is InChI=1S/C32H34FN3O/c1-35(2)30-24(12-8-13-27(30)33)23-15-18-32(19-16-23)31-26(25-11-6-7-14-28(25)34-31)17-20-36(32)29(37)21-22-9-4-3-5-10-22/h3-14,23,34H,15-21H2,1-2H3. The van der Waals surface area contributed by atoms with E-state index in [1.54, 1.807) is 6.07 Å². The number of H-pyrrole nitrogens is 1. The summed E-state index contributed by atoms with van der Waals surface area (Å²) in [5.74, 6) is 0.284. The number of carbonyl (C=O) groups is 1. The van der Waals surface area contributed by atoms with Crippen LogP contribution in [0.25, 0.3) is 10.9 Å². The van der Waals surface area contributed by atoms with Crippen LogP contribution in [-0.2, 0) is 23.2 Å². The van der Waals surface area contributed by atoms with Crippen molar-refractivity contribution in [3.8, 4) is 0 Å². The van der Waals surface area contributed by atoms with Crippen molar-refractivity contribution >= 4 is 22.5 Å². The van der Waals surface area contributed by atoms with Gasteiger partial charge in [0.2, 0.25) is 5.91 Å². The molecule has 1 saturated carbocycles. The lowest BCUT2D eigenvalue weighted by Crippen LogP contribution is -2.55. The Morgan fingerprint density at radius 3 is 2.49 bits per heavy atom. The average molecular weight is 496 g/mol. The Hall–Kier alpha value is -3.60. The summed E-state index contributed by atoms with van der Waals surface area (Å²) < 4.78 is 14.8. The molecule has 1 aliphatic heterocycles. The van der Waals surface area contributed by atoms with E-state index >= 15 is 0 Å². The number of anilines is 1. The van der Waals surface area contributed by atoms with Gasteiger partial charge in [0.25, 0.3) is 0 Å². The van der Waals surface area contributed by atoms with Gasteiger partial charge >= 0.3 is 0 Å². The Morgan fingerprint density at radius 1 is 1.00 bits per heavy atom. The third-order valence-corrected chi connectivity index (χ3v) is 8.60. The molecule has 0 unspecified atom stereocenters. The summed E-state index contributed by atoms with van der Waals surface area (Å²) in [6.45, 7) is 0.730. The molecule has 4 nitrogen and oxygen atoms in total. The highest BCUT2D eigenvalue weighted by molar-refractivity contribution is 5.87. The zero-order valence-corrected chi connectivity index (χ0v) is 21.6. The molecule has 1 fully saturated rings. The van der Waals surface area contributed by atoms with Gasteiger partial charge in [0, 0.05) is 37.2 Å². The first kappa shape index (κ1) is 23.8. The van der Waals surface area contributed by atoms with Gasteiger partial charge in [-0.3, -0.25) is 4.79 Å². The maximum atomic E-state index is 14.8. The highest BCUT2D eigenvalue weighted by Crippen LogP contribution is 2.52. The van der Waals surface area contributed by atoms with Gasteiger partial charge in [-0.2, -0.15) is 0 Å². The number of aromatic amines is 1. The van der Waals surface area contributed by atoms with Gasteiger partial charge in [-0.25, -0.2) is 4.39 Å². The normalized spacial score (nSPS) is 21.3. The summed E-state index contributed by atoms with van der Waals surface area (Å²) in [6, 6.07) is 24.0. The van der Waals surface area contributed by atoms with Gasteiger partial charge in [-0.1, -0.05) is 60.7 Å². The average Bonchev–Trinajstić information content (AvgIpc) is 3.29. The second-order valence-electron chi connectivity index (χ2n) is 10.9. The van der Waals surface area contributed by atoms with Gasteiger partial charge in [0.15, 0.2) is 0 Å². The number of carbonyl (C=O) groups excluding carboxylic acids is 1. The van der Waals surface area contributed by atoms with E-state index in [-0.39, 0.29) is 23.2 Å². The summed E-state index contributed by atoms with van der Waals surface area (Å²) in [7, 11) is 3.82. The molecule has 6 rings (SSSR count). The molecule has 3 aromatic carbocycles. The topological polar surface area (TPSA) is 39.3 Å². The van der Waals surface area contributed by atoms with E-state index in [1.165, 1.54) is 16.6 Å². The van der Waals surface area contributed by atoms with E-state index in [0.717, 1.165) is 55.3 Å². The van der Waals surface area contributed by atoms with E-state index in [0.29, 0.717) is 12.1 Å². The Bertz CT molecular complexity index is 1430. The van der Waals surface area contributed by atoms with Crippen molar-refractivity contribution in [3.63, 3.8) is 0 Å². The molecular formula is C32H34FN3O. The molecule has 0 radical (unpaired) electrons. The van der Waals surface area contributed by atoms with Gasteiger partial charge in [-0.15, -0.1) is 0 Å². The molecule has 5 heteroatoms. The zero-order chi connectivity index (χ0) is 25.6. The first-order valence-corrected chi connectivity index (χ1v) is 13.4. The molecular weight excluding hydrogens is 461 g/mol. The third-order valence-electron chi connectivity index (χ3n) is 8.60. The minimum atomic E-state index is -0.361. The van der Waals surface area contributed by atoms with E-state index in [4.69, 9.17) is 0 Å². The van der Waals surface area contributed by atoms with E-state index in [9.17, 15) is 9.18 Å². The molecule has 1 aromatic heterocycles. The highest BCUT2D eigenvalue weighted by Gasteiger charge is 2.48. The van der Waals surface area contributed by atoms with Gasteiger partial charge < -0.3 is 14.8 Å². The predicted molar refractivity (Wildman–Crippen MR) is 147 cm³/mol. The molecule has 0 atom stereocenters. The van der Waals surface area contributed by atoms with Crippen LogP contribution in [0.5, 0.6) is 0 Å². The van der Waals surface area contributed by atoms with Crippen molar-refractivity contribution in [2.24, 2.45) is 0 Å². The molecule has 1 spiro atoms. The van der Waals surface area contributed by atoms with Crippen LogP contribution < -0.4 is 4.90 Å². The minimum Gasteiger partial charge on any atom is -0.375 e. The number of halogens is 1. The first-order chi connectivity index (χ1) is 18.0. The lowest BCUT2D eigenvalue weighted by Gasteiger charge is -2.51. The van der Waals surface area contributed by atoms with Crippen LogP contribution in [0, 0.1) is 5.82 Å². The second-order valence-corrected chi connectivity index (χ2v) is 10.9. The lowest BCUT2D eigenvalue weighted by molar-refractivity contribution is -0.140. The van der Waals surface area contributed by atoms with Crippen molar-refractivity contribution in [1.82, 2.24) is 9.88 Å². The van der Waals surface area contributed by atoms with Crippen LogP contribution in [0.2, 0.25) is 0 Å². The van der Waals surface area contributed by atoms with Crippen molar-refractivity contribution in [2.75, 3.05) is 25.5 Å². The largest absolute Gasteiger partial charge is 0.375 e. The molecule has 0 saturated heterocycles. The fourth-order valence-electron chi connectivity index (χ4n) is 6.92. The summed E-state index contributed by atoms with van der Waals surface area (Å²) in [4.78, 5) is 21.7. The van der Waals surface area contributed by atoms with Crippen LogP contribution in [0.15, 0.2) is 72.8 Å². The molecule has 4 aromatic rings. The smallest absolute Gasteiger partial charge is 0.227 e. The quantitative estimate of drug-likeness (QED) is 0.349. The van der Waals surface area contributed by atoms with Crippen molar-refractivity contribution < 1.29 is 9.18 Å². The van der Waals surface area contributed by atoms with Crippen LogP contribution in [0.3, 0.4) is 0 Å². The van der Waals surface area contributed by atoms with Crippen molar-refractivity contribution in [1.29, 1.82) is 0 Å². The van der Waals surface area contributed by atoms with Crippen LogP contribution in [0.1, 0.15) is 54.0 Å². The highest BCUT2D eigenvalue weighted by atomic mass is 19.1. The van der Waals surface area contributed by atoms with E-state index in [2.05, 4.69) is 40.2 Å². The number of para-hydroxylation sites is 2. The summed E-state index contributed by atoms with van der Waals surface area (Å²) in [5.41, 5.74) is 6.18. The van der Waals surface area contributed by atoms with Crippen molar-refractivity contribution in [2.45, 2.75) is 50.0 Å². The van der Waals surface area contributed by atoms with E-state index < -0.39 is 0 Å². The number of hydrogen-bond donors (Lipinski definition) is 1. The molecule has 37 heavy (non-hydrogen) atoms. The minimum absolute atomic E-state index is 0.168. The summed E-state index contributed by atoms with van der Waals surface area (Å²) in [6.07, 6.45) is 4.82. The van der Waals surface area contributed by atoms with E-state index in [1.807, 2.05) is 55.4 Å². The zero-order valence-electron chi connectivity index (χ0n) is 21.6. The molecule has 1 amide bonds. The van der Waals surface area contributed by atoms with Gasteiger partial charge in [0.05, 0.1) is 17.6 Å². The maximum Gasteiger partial charge on any atom is 0.227 e. The molecule has 190 valence electrons. The first-order valence-electron chi connectivity index (χ1n) is 13.4.